The average molecular weight is 140 g/mol. The number of alkyl halides is 1. The first-order valence-corrected chi connectivity index (χ1v) is 3.39. The van der Waals surface area contributed by atoms with Gasteiger partial charge < -0.3 is 0 Å². The third-order valence-corrected chi connectivity index (χ3v) is 1.77. The van der Waals surface area contributed by atoms with Crippen LogP contribution in [-0.2, 0) is 0 Å². The summed E-state index contributed by atoms with van der Waals surface area (Å²) >= 11 is 7.77. The second-order valence-electron chi connectivity index (χ2n) is 1.39. The molecule has 0 spiro atoms. The van der Waals surface area contributed by atoms with Gasteiger partial charge in [-0.3, -0.25) is 4.39 Å². The largest absolute Gasteiger partial charge is 0.251 e. The van der Waals surface area contributed by atoms with E-state index >= 15 is 0 Å². The highest BCUT2D eigenvalue weighted by Crippen LogP contribution is 2.00. The van der Waals surface area contributed by atoms with Crippen molar-refractivity contribution >= 4 is 25.3 Å². The van der Waals surface area contributed by atoms with Crippen molar-refractivity contribution < 1.29 is 4.39 Å². The van der Waals surface area contributed by atoms with Gasteiger partial charge >= 0.3 is 0 Å². The molecule has 0 N–H and O–H groups in total. The molecule has 0 saturated carbocycles. The first-order chi connectivity index (χ1) is 3.35. The summed E-state index contributed by atoms with van der Waals surface area (Å²) in [5.74, 6) is 1.24. The van der Waals surface area contributed by atoms with Crippen LogP contribution in [0.5, 0.6) is 0 Å². The van der Waals surface area contributed by atoms with Crippen LogP contribution in [0.1, 0.15) is 0 Å². The number of thiol groups is 2. The van der Waals surface area contributed by atoms with Gasteiger partial charge in [-0.15, -0.1) is 0 Å². The van der Waals surface area contributed by atoms with Crippen molar-refractivity contribution in [2.75, 3.05) is 18.2 Å². The van der Waals surface area contributed by atoms with E-state index in [1.165, 1.54) is 0 Å². The molecule has 0 saturated heterocycles. The SMILES string of the molecule is FCC(CS)CS. The zero-order valence-corrected chi connectivity index (χ0v) is 5.76. The van der Waals surface area contributed by atoms with Crippen LogP contribution in [0.4, 0.5) is 4.39 Å². The van der Waals surface area contributed by atoms with Gasteiger partial charge in [-0.2, -0.15) is 25.3 Å². The Morgan fingerprint density at radius 3 is 1.71 bits per heavy atom. The lowest BCUT2D eigenvalue weighted by atomic mass is 10.2. The summed E-state index contributed by atoms with van der Waals surface area (Å²) in [5, 5.41) is 0. The minimum atomic E-state index is -0.299. The van der Waals surface area contributed by atoms with Crippen molar-refractivity contribution in [1.29, 1.82) is 0 Å². The van der Waals surface area contributed by atoms with Gasteiger partial charge in [0.25, 0.3) is 0 Å². The molecule has 0 aliphatic heterocycles. The highest BCUT2D eigenvalue weighted by molar-refractivity contribution is 7.81. The van der Waals surface area contributed by atoms with Gasteiger partial charge in [-0.25, -0.2) is 0 Å². The summed E-state index contributed by atoms with van der Waals surface area (Å²) in [5.41, 5.74) is 0. The molecular formula is C4H9FS2. The van der Waals surface area contributed by atoms with Crippen molar-refractivity contribution in [1.82, 2.24) is 0 Å². The number of halogens is 1. The second-order valence-corrected chi connectivity index (χ2v) is 2.12. The van der Waals surface area contributed by atoms with Crippen LogP contribution in [0.15, 0.2) is 0 Å². The van der Waals surface area contributed by atoms with Crippen LogP contribution >= 0.6 is 25.3 Å². The third-order valence-electron chi connectivity index (χ3n) is 0.735. The maximum Gasteiger partial charge on any atom is 0.0938 e. The Bertz CT molecular complexity index is 31.2. The minimum Gasteiger partial charge on any atom is -0.251 e. The predicted octanol–water partition coefficient (Wildman–Crippen LogP) is 1.43. The summed E-state index contributed by atoms with van der Waals surface area (Å²) in [4.78, 5) is 0. The van der Waals surface area contributed by atoms with E-state index in [-0.39, 0.29) is 12.6 Å². The second kappa shape index (κ2) is 4.78. The lowest BCUT2D eigenvalue weighted by Crippen LogP contribution is -2.05. The molecule has 0 amide bonds. The molecule has 0 heterocycles. The van der Waals surface area contributed by atoms with Crippen molar-refractivity contribution in [2.45, 2.75) is 0 Å². The van der Waals surface area contributed by atoms with Crippen LogP contribution in [0.25, 0.3) is 0 Å². The zero-order valence-electron chi connectivity index (χ0n) is 3.97. The Hall–Kier alpha value is 0.630. The Morgan fingerprint density at radius 1 is 1.29 bits per heavy atom. The molecule has 0 aliphatic carbocycles. The van der Waals surface area contributed by atoms with Crippen molar-refractivity contribution in [2.24, 2.45) is 5.92 Å². The van der Waals surface area contributed by atoms with Crippen LogP contribution in [0, 0.1) is 5.92 Å². The van der Waals surface area contributed by atoms with Gasteiger partial charge in [0.1, 0.15) is 0 Å². The Morgan fingerprint density at radius 2 is 1.71 bits per heavy atom. The van der Waals surface area contributed by atoms with E-state index in [1.54, 1.807) is 0 Å². The van der Waals surface area contributed by atoms with E-state index in [2.05, 4.69) is 25.3 Å². The van der Waals surface area contributed by atoms with Gasteiger partial charge in [-0.05, 0) is 11.5 Å². The molecular weight excluding hydrogens is 131 g/mol. The predicted molar refractivity (Wildman–Crippen MR) is 37.2 cm³/mol. The molecule has 3 heteroatoms. The molecule has 0 aromatic carbocycles. The fraction of sp³-hybridized carbons (Fsp3) is 1.00. The average Bonchev–Trinajstić information content (AvgIpc) is 1.72. The molecule has 0 rings (SSSR count). The van der Waals surface area contributed by atoms with Gasteiger partial charge in [0.15, 0.2) is 0 Å². The molecule has 0 aromatic rings. The lowest BCUT2D eigenvalue weighted by molar-refractivity contribution is 0.414. The highest BCUT2D eigenvalue weighted by atomic mass is 32.1. The van der Waals surface area contributed by atoms with Crippen LogP contribution in [0.2, 0.25) is 0 Å². The van der Waals surface area contributed by atoms with Crippen LogP contribution in [-0.4, -0.2) is 18.2 Å². The topological polar surface area (TPSA) is 0 Å². The maximum atomic E-state index is 11.6. The molecule has 0 aliphatic rings. The first-order valence-electron chi connectivity index (χ1n) is 2.12. The summed E-state index contributed by atoms with van der Waals surface area (Å²) in [6.45, 7) is -0.299. The monoisotopic (exact) mass is 140 g/mol. The van der Waals surface area contributed by atoms with Gasteiger partial charge in [-0.1, -0.05) is 0 Å². The molecule has 0 radical (unpaired) electrons. The van der Waals surface area contributed by atoms with E-state index in [9.17, 15) is 4.39 Å². The first kappa shape index (κ1) is 7.63. The van der Waals surface area contributed by atoms with E-state index in [4.69, 9.17) is 0 Å². The highest BCUT2D eigenvalue weighted by Gasteiger charge is 2.00. The van der Waals surface area contributed by atoms with Crippen molar-refractivity contribution in [3.63, 3.8) is 0 Å². The Labute approximate surface area is 54.3 Å². The summed E-state index contributed by atoms with van der Waals surface area (Å²) in [6.07, 6.45) is 0. The molecule has 0 nitrogen and oxygen atoms in total. The van der Waals surface area contributed by atoms with Crippen molar-refractivity contribution in [3.05, 3.63) is 0 Å². The van der Waals surface area contributed by atoms with E-state index in [1.807, 2.05) is 0 Å². The van der Waals surface area contributed by atoms with Crippen LogP contribution in [0.3, 0.4) is 0 Å². The Kier molecular flexibility index (Phi) is 5.21. The minimum absolute atomic E-state index is 0.0478. The van der Waals surface area contributed by atoms with E-state index in [0.29, 0.717) is 11.5 Å². The lowest BCUT2D eigenvalue weighted by Gasteiger charge is -2.01. The summed E-state index contributed by atoms with van der Waals surface area (Å²) in [6, 6.07) is 0. The van der Waals surface area contributed by atoms with Gasteiger partial charge in [0.05, 0.1) is 6.67 Å². The molecule has 0 atom stereocenters. The normalized spacial score (nSPS) is 10.3. The van der Waals surface area contributed by atoms with E-state index < -0.39 is 0 Å². The fourth-order valence-electron chi connectivity index (χ4n) is 0.155. The number of hydrogen-bond donors (Lipinski definition) is 2. The standard InChI is InChI=1S/C4H9FS2/c5-1-4(2-6)3-7/h4,6-7H,1-3H2. The fourth-order valence-corrected chi connectivity index (χ4v) is 0.812. The maximum absolute atomic E-state index is 11.6. The molecule has 0 bridgehead atoms. The van der Waals surface area contributed by atoms with Crippen LogP contribution < -0.4 is 0 Å². The molecule has 0 unspecified atom stereocenters. The summed E-state index contributed by atoms with van der Waals surface area (Å²) < 4.78 is 11.6. The third kappa shape index (κ3) is 3.23. The van der Waals surface area contributed by atoms with Gasteiger partial charge in [0.2, 0.25) is 0 Å². The number of hydrogen-bond acceptors (Lipinski definition) is 2. The molecule has 44 valence electrons. The number of rotatable bonds is 3. The van der Waals surface area contributed by atoms with E-state index in [0.717, 1.165) is 0 Å². The molecule has 0 fully saturated rings. The zero-order chi connectivity index (χ0) is 5.70. The smallest absolute Gasteiger partial charge is 0.0938 e. The van der Waals surface area contributed by atoms with Crippen molar-refractivity contribution in [3.8, 4) is 0 Å². The molecule has 0 aromatic heterocycles. The summed E-state index contributed by atoms with van der Waals surface area (Å²) in [7, 11) is 0. The quantitative estimate of drug-likeness (QED) is 0.544. The molecule has 7 heavy (non-hydrogen) atoms. The Balaban J connectivity index is 2.99. The van der Waals surface area contributed by atoms with Gasteiger partial charge in [0, 0.05) is 5.92 Å².